The predicted molar refractivity (Wildman–Crippen MR) is 79.1 cm³/mol. The van der Waals surface area contributed by atoms with E-state index in [1.54, 1.807) is 7.11 Å². The van der Waals surface area contributed by atoms with Crippen molar-refractivity contribution >= 4 is 5.97 Å². The summed E-state index contributed by atoms with van der Waals surface area (Å²) in [6, 6.07) is 7.66. The zero-order valence-corrected chi connectivity index (χ0v) is 12.5. The lowest BCUT2D eigenvalue weighted by molar-refractivity contribution is -0.141. The second-order valence-electron chi connectivity index (χ2n) is 5.38. The lowest BCUT2D eigenvalue weighted by Crippen LogP contribution is -2.37. The average molecular weight is 293 g/mol. The Labute approximate surface area is 125 Å². The molecule has 1 aliphatic carbocycles. The van der Waals surface area contributed by atoms with E-state index in [0.717, 1.165) is 24.2 Å². The van der Waals surface area contributed by atoms with Crippen molar-refractivity contribution in [1.29, 1.82) is 0 Å². The highest BCUT2D eigenvalue weighted by atomic mass is 16.5. The minimum Gasteiger partial charge on any atom is -0.497 e. The molecule has 5 nitrogen and oxygen atoms in total. The summed E-state index contributed by atoms with van der Waals surface area (Å²) in [5, 5.41) is 14.0. The van der Waals surface area contributed by atoms with Crippen LogP contribution in [0.3, 0.4) is 0 Å². The van der Waals surface area contributed by atoms with Crippen molar-refractivity contribution in [3.8, 4) is 5.75 Å². The standard InChI is InChI=1S/C16H23NO4/c1-20-13-7-3-11(4-8-13)16(19)14(17-12-5-6-12)9-10-15(18)21-2/h3-4,7-8,12,14,16-17,19H,5-6,9-10H2,1-2H3. The van der Waals surface area contributed by atoms with Crippen LogP contribution in [0.25, 0.3) is 0 Å². The quantitative estimate of drug-likeness (QED) is 0.715. The topological polar surface area (TPSA) is 67.8 Å². The van der Waals surface area contributed by atoms with Crippen LogP contribution in [0.5, 0.6) is 5.75 Å². The molecule has 2 atom stereocenters. The van der Waals surface area contributed by atoms with Gasteiger partial charge in [0.1, 0.15) is 5.75 Å². The van der Waals surface area contributed by atoms with Crippen molar-refractivity contribution in [2.24, 2.45) is 0 Å². The maximum absolute atomic E-state index is 11.3. The van der Waals surface area contributed by atoms with Gasteiger partial charge in [-0.15, -0.1) is 0 Å². The van der Waals surface area contributed by atoms with Crippen molar-refractivity contribution in [3.05, 3.63) is 29.8 Å². The van der Waals surface area contributed by atoms with Crippen LogP contribution in [0.15, 0.2) is 24.3 Å². The van der Waals surface area contributed by atoms with Crippen LogP contribution in [0.4, 0.5) is 0 Å². The van der Waals surface area contributed by atoms with Crippen molar-refractivity contribution in [2.45, 2.75) is 43.9 Å². The molecule has 2 unspecified atom stereocenters. The monoisotopic (exact) mass is 293 g/mol. The van der Waals surface area contributed by atoms with E-state index < -0.39 is 6.10 Å². The van der Waals surface area contributed by atoms with E-state index in [1.807, 2.05) is 24.3 Å². The SMILES string of the molecule is COC(=O)CCC(NC1CC1)C(O)c1ccc(OC)cc1. The van der Waals surface area contributed by atoms with E-state index in [0.29, 0.717) is 18.9 Å². The summed E-state index contributed by atoms with van der Waals surface area (Å²) in [6.45, 7) is 0. The van der Waals surface area contributed by atoms with Gasteiger partial charge in [-0.25, -0.2) is 0 Å². The molecule has 0 bridgehead atoms. The number of benzene rings is 1. The Kier molecular flexibility index (Phi) is 5.59. The molecule has 1 fully saturated rings. The van der Waals surface area contributed by atoms with E-state index in [4.69, 9.17) is 4.74 Å². The molecule has 0 saturated heterocycles. The smallest absolute Gasteiger partial charge is 0.305 e. The first-order chi connectivity index (χ1) is 10.1. The first-order valence-electron chi connectivity index (χ1n) is 7.29. The van der Waals surface area contributed by atoms with Gasteiger partial charge < -0.3 is 19.9 Å². The molecule has 0 radical (unpaired) electrons. The van der Waals surface area contributed by atoms with Crippen LogP contribution in [0.2, 0.25) is 0 Å². The normalized spacial score (nSPS) is 17.1. The van der Waals surface area contributed by atoms with Crippen molar-refractivity contribution in [1.82, 2.24) is 5.32 Å². The largest absolute Gasteiger partial charge is 0.497 e. The van der Waals surface area contributed by atoms with Gasteiger partial charge in [-0.05, 0) is 37.0 Å². The third-order valence-corrected chi connectivity index (χ3v) is 3.75. The molecule has 5 heteroatoms. The molecule has 116 valence electrons. The second kappa shape index (κ2) is 7.43. The number of rotatable bonds is 8. The summed E-state index contributed by atoms with van der Waals surface area (Å²) < 4.78 is 9.79. The molecule has 0 aromatic heterocycles. The van der Waals surface area contributed by atoms with Crippen LogP contribution in [0, 0.1) is 0 Å². The van der Waals surface area contributed by atoms with Crippen molar-refractivity contribution < 1.29 is 19.4 Å². The number of carbonyl (C=O) groups excluding carboxylic acids is 1. The van der Waals surface area contributed by atoms with Crippen LogP contribution in [-0.4, -0.2) is 37.4 Å². The molecule has 1 aromatic carbocycles. The fourth-order valence-corrected chi connectivity index (χ4v) is 2.29. The number of methoxy groups -OCH3 is 2. The molecule has 0 aliphatic heterocycles. The van der Waals surface area contributed by atoms with Gasteiger partial charge in [-0.3, -0.25) is 4.79 Å². The molecule has 2 N–H and O–H groups in total. The summed E-state index contributed by atoms with van der Waals surface area (Å²) >= 11 is 0. The summed E-state index contributed by atoms with van der Waals surface area (Å²) in [6.07, 6.45) is 2.46. The zero-order chi connectivity index (χ0) is 15.2. The van der Waals surface area contributed by atoms with E-state index in [2.05, 4.69) is 10.1 Å². The number of hydrogen-bond acceptors (Lipinski definition) is 5. The Balaban J connectivity index is 2.00. The van der Waals surface area contributed by atoms with Gasteiger partial charge in [0.25, 0.3) is 0 Å². The Morgan fingerprint density at radius 1 is 1.33 bits per heavy atom. The summed E-state index contributed by atoms with van der Waals surface area (Å²) in [7, 11) is 2.99. The lowest BCUT2D eigenvalue weighted by Gasteiger charge is -2.24. The minimum atomic E-state index is -0.652. The molecule has 2 rings (SSSR count). The summed E-state index contributed by atoms with van der Waals surface area (Å²) in [5.41, 5.74) is 0.818. The number of aliphatic hydroxyl groups excluding tert-OH is 1. The number of nitrogens with one attached hydrogen (secondary N) is 1. The summed E-state index contributed by atoms with van der Waals surface area (Å²) in [5.74, 6) is 0.506. The molecule has 1 aromatic rings. The number of ether oxygens (including phenoxy) is 2. The zero-order valence-electron chi connectivity index (χ0n) is 12.5. The molecule has 0 heterocycles. The third kappa shape index (κ3) is 4.72. The van der Waals surface area contributed by atoms with Gasteiger partial charge >= 0.3 is 5.97 Å². The van der Waals surface area contributed by atoms with Gasteiger partial charge in [0, 0.05) is 18.5 Å². The van der Waals surface area contributed by atoms with E-state index in [1.165, 1.54) is 7.11 Å². The Morgan fingerprint density at radius 3 is 2.52 bits per heavy atom. The first-order valence-corrected chi connectivity index (χ1v) is 7.29. The van der Waals surface area contributed by atoms with Crippen molar-refractivity contribution in [3.63, 3.8) is 0 Å². The highest BCUT2D eigenvalue weighted by Crippen LogP contribution is 2.27. The Hall–Kier alpha value is -1.59. The average Bonchev–Trinajstić information content (AvgIpc) is 3.34. The second-order valence-corrected chi connectivity index (χ2v) is 5.38. The van der Waals surface area contributed by atoms with Gasteiger partial charge in [-0.2, -0.15) is 0 Å². The van der Waals surface area contributed by atoms with Gasteiger partial charge in [-0.1, -0.05) is 12.1 Å². The highest BCUT2D eigenvalue weighted by molar-refractivity contribution is 5.69. The van der Waals surface area contributed by atoms with Crippen LogP contribution >= 0.6 is 0 Å². The first kappa shape index (κ1) is 15.8. The number of aliphatic hydroxyl groups is 1. The Morgan fingerprint density at radius 2 is 2.00 bits per heavy atom. The number of esters is 1. The molecule has 1 saturated carbocycles. The maximum atomic E-state index is 11.3. The van der Waals surface area contributed by atoms with Crippen LogP contribution < -0.4 is 10.1 Å². The molecular formula is C16H23NO4. The van der Waals surface area contributed by atoms with Gasteiger partial charge in [0.2, 0.25) is 0 Å². The Bertz CT molecular complexity index is 456. The molecule has 0 spiro atoms. The van der Waals surface area contributed by atoms with E-state index in [-0.39, 0.29) is 12.0 Å². The molecular weight excluding hydrogens is 270 g/mol. The number of carbonyl (C=O) groups is 1. The fourth-order valence-electron chi connectivity index (χ4n) is 2.29. The van der Waals surface area contributed by atoms with E-state index in [9.17, 15) is 9.90 Å². The lowest BCUT2D eigenvalue weighted by atomic mass is 9.98. The maximum Gasteiger partial charge on any atom is 0.305 e. The third-order valence-electron chi connectivity index (χ3n) is 3.75. The number of hydrogen-bond donors (Lipinski definition) is 2. The van der Waals surface area contributed by atoms with E-state index >= 15 is 0 Å². The van der Waals surface area contributed by atoms with Crippen LogP contribution in [0.1, 0.15) is 37.4 Å². The summed E-state index contributed by atoms with van der Waals surface area (Å²) in [4.78, 5) is 11.3. The molecule has 1 aliphatic rings. The van der Waals surface area contributed by atoms with Gasteiger partial charge in [0.15, 0.2) is 0 Å². The van der Waals surface area contributed by atoms with Gasteiger partial charge in [0.05, 0.1) is 20.3 Å². The highest BCUT2D eigenvalue weighted by Gasteiger charge is 2.29. The van der Waals surface area contributed by atoms with Crippen molar-refractivity contribution in [2.75, 3.05) is 14.2 Å². The molecule has 21 heavy (non-hydrogen) atoms. The molecule has 0 amide bonds. The minimum absolute atomic E-state index is 0.148. The fraction of sp³-hybridized carbons (Fsp3) is 0.562. The van der Waals surface area contributed by atoms with Crippen LogP contribution in [-0.2, 0) is 9.53 Å². The predicted octanol–water partition coefficient (Wildman–Crippen LogP) is 1.80.